The molecule has 0 aliphatic heterocycles. The zero-order valence-corrected chi connectivity index (χ0v) is 13.5. The molecule has 0 atom stereocenters. The first-order valence-corrected chi connectivity index (χ1v) is 8.33. The molecule has 1 aromatic carbocycles. The lowest BCUT2D eigenvalue weighted by molar-refractivity contribution is 0.627. The summed E-state index contributed by atoms with van der Waals surface area (Å²) in [7, 11) is 0. The number of halogens is 1. The van der Waals surface area contributed by atoms with Crippen molar-refractivity contribution in [3.8, 4) is 0 Å². The smallest absolute Gasteiger partial charge is 0.123 e. The van der Waals surface area contributed by atoms with Crippen molar-refractivity contribution < 1.29 is 4.39 Å². The van der Waals surface area contributed by atoms with E-state index in [0.29, 0.717) is 0 Å². The fourth-order valence-electron chi connectivity index (χ4n) is 2.22. The third kappa shape index (κ3) is 4.83. The summed E-state index contributed by atoms with van der Waals surface area (Å²) in [6.07, 6.45) is 1.16. The van der Waals surface area contributed by atoms with Crippen molar-refractivity contribution in [2.75, 3.05) is 18.0 Å². The van der Waals surface area contributed by atoms with Crippen LogP contribution in [0.1, 0.15) is 30.0 Å². The Hall–Kier alpha value is -1.39. The normalized spacial score (nSPS) is 10.8. The summed E-state index contributed by atoms with van der Waals surface area (Å²) in [5, 5.41) is 3.43. The fraction of sp³-hybridized carbons (Fsp3) is 0.412. The first kappa shape index (κ1) is 16.0. The van der Waals surface area contributed by atoms with Crippen LogP contribution >= 0.6 is 11.3 Å². The van der Waals surface area contributed by atoms with Gasteiger partial charge < -0.3 is 10.2 Å². The number of anilines is 1. The highest BCUT2D eigenvalue weighted by molar-refractivity contribution is 7.12. The Morgan fingerprint density at radius 2 is 1.76 bits per heavy atom. The lowest BCUT2D eigenvalue weighted by atomic mass is 10.2. The van der Waals surface area contributed by atoms with Crippen LogP contribution in [0.5, 0.6) is 0 Å². The van der Waals surface area contributed by atoms with Crippen molar-refractivity contribution in [1.29, 1.82) is 0 Å². The van der Waals surface area contributed by atoms with Crippen LogP contribution in [0.4, 0.5) is 10.1 Å². The Bertz CT molecular complexity index is 536. The second-order valence-electron chi connectivity index (χ2n) is 5.04. The maximum absolute atomic E-state index is 13.0. The summed E-state index contributed by atoms with van der Waals surface area (Å²) in [5.41, 5.74) is 1.07. The van der Waals surface area contributed by atoms with E-state index in [1.54, 1.807) is 0 Å². The Kier molecular flexibility index (Phi) is 6.21. The largest absolute Gasteiger partial charge is 0.367 e. The van der Waals surface area contributed by atoms with Crippen LogP contribution in [0.3, 0.4) is 0 Å². The van der Waals surface area contributed by atoms with Gasteiger partial charge in [-0.15, -0.1) is 11.3 Å². The van der Waals surface area contributed by atoms with Gasteiger partial charge >= 0.3 is 0 Å². The maximum atomic E-state index is 13.0. The molecule has 0 saturated carbocycles. The van der Waals surface area contributed by atoms with Gasteiger partial charge in [-0.3, -0.25) is 0 Å². The standard InChI is InChI=1S/C17H23FN2S/c1-3-11-19-12-16-9-10-17(21-16)13-20(4-2)15-7-5-14(18)6-8-15/h5-10,19H,3-4,11-13H2,1-2H3. The minimum atomic E-state index is -0.185. The highest BCUT2D eigenvalue weighted by atomic mass is 32.1. The van der Waals surface area contributed by atoms with Crippen molar-refractivity contribution in [3.63, 3.8) is 0 Å². The molecule has 0 saturated heterocycles. The molecule has 1 N–H and O–H groups in total. The number of hydrogen-bond donors (Lipinski definition) is 1. The third-order valence-corrected chi connectivity index (χ3v) is 4.43. The van der Waals surface area contributed by atoms with Gasteiger partial charge in [-0.2, -0.15) is 0 Å². The molecule has 0 spiro atoms. The second-order valence-corrected chi connectivity index (χ2v) is 6.29. The average molecular weight is 306 g/mol. The highest BCUT2D eigenvalue weighted by Crippen LogP contribution is 2.22. The quantitative estimate of drug-likeness (QED) is 0.727. The summed E-state index contributed by atoms with van der Waals surface area (Å²) < 4.78 is 13.0. The molecule has 2 nitrogen and oxygen atoms in total. The number of nitrogens with zero attached hydrogens (tertiary/aromatic N) is 1. The van der Waals surface area contributed by atoms with E-state index in [2.05, 4.69) is 36.2 Å². The van der Waals surface area contributed by atoms with Gasteiger partial charge in [-0.25, -0.2) is 4.39 Å². The van der Waals surface area contributed by atoms with Crippen molar-refractivity contribution in [3.05, 3.63) is 52.0 Å². The van der Waals surface area contributed by atoms with Gasteiger partial charge in [0.05, 0.1) is 6.54 Å². The summed E-state index contributed by atoms with van der Waals surface area (Å²) in [4.78, 5) is 4.97. The first-order valence-electron chi connectivity index (χ1n) is 7.51. The van der Waals surface area contributed by atoms with E-state index in [1.165, 1.54) is 21.9 Å². The van der Waals surface area contributed by atoms with Crippen LogP contribution < -0.4 is 10.2 Å². The Balaban J connectivity index is 1.97. The molecule has 0 amide bonds. The van der Waals surface area contributed by atoms with Crippen LogP contribution in [0.15, 0.2) is 36.4 Å². The zero-order chi connectivity index (χ0) is 15.1. The van der Waals surface area contributed by atoms with Gasteiger partial charge in [0.15, 0.2) is 0 Å². The van der Waals surface area contributed by atoms with Crippen LogP contribution in [-0.2, 0) is 13.1 Å². The number of rotatable bonds is 8. The minimum Gasteiger partial charge on any atom is -0.367 e. The predicted molar refractivity (Wildman–Crippen MR) is 89.4 cm³/mol. The lowest BCUT2D eigenvalue weighted by Gasteiger charge is -2.22. The van der Waals surface area contributed by atoms with Crippen molar-refractivity contribution in [1.82, 2.24) is 5.32 Å². The monoisotopic (exact) mass is 306 g/mol. The predicted octanol–water partition coefficient (Wildman–Crippen LogP) is 4.41. The SMILES string of the molecule is CCCNCc1ccc(CN(CC)c2ccc(F)cc2)s1. The average Bonchev–Trinajstić information content (AvgIpc) is 2.94. The molecule has 2 rings (SSSR count). The Labute approximate surface area is 130 Å². The zero-order valence-electron chi connectivity index (χ0n) is 12.7. The fourth-order valence-corrected chi connectivity index (χ4v) is 3.22. The molecule has 0 aliphatic carbocycles. The Morgan fingerprint density at radius 1 is 1.05 bits per heavy atom. The van der Waals surface area contributed by atoms with E-state index in [1.807, 2.05) is 23.5 Å². The van der Waals surface area contributed by atoms with E-state index >= 15 is 0 Å². The molecule has 0 bridgehead atoms. The molecule has 0 fully saturated rings. The van der Waals surface area contributed by atoms with E-state index < -0.39 is 0 Å². The lowest BCUT2D eigenvalue weighted by Crippen LogP contribution is -2.21. The van der Waals surface area contributed by atoms with Crippen molar-refractivity contribution >= 4 is 17.0 Å². The molecule has 21 heavy (non-hydrogen) atoms. The molecule has 1 heterocycles. The van der Waals surface area contributed by atoms with Gasteiger partial charge in [0.1, 0.15) is 5.82 Å². The van der Waals surface area contributed by atoms with Crippen LogP contribution in [-0.4, -0.2) is 13.1 Å². The number of nitrogens with one attached hydrogen (secondary N) is 1. The second kappa shape index (κ2) is 8.15. The molecular formula is C17H23FN2S. The van der Waals surface area contributed by atoms with Gasteiger partial charge in [-0.05, 0) is 56.3 Å². The van der Waals surface area contributed by atoms with Crippen molar-refractivity contribution in [2.45, 2.75) is 33.4 Å². The first-order chi connectivity index (χ1) is 10.2. The van der Waals surface area contributed by atoms with E-state index in [9.17, 15) is 4.39 Å². The maximum Gasteiger partial charge on any atom is 0.123 e. The topological polar surface area (TPSA) is 15.3 Å². The van der Waals surface area contributed by atoms with E-state index in [4.69, 9.17) is 0 Å². The molecule has 2 aromatic rings. The van der Waals surface area contributed by atoms with Crippen LogP contribution in [0.25, 0.3) is 0 Å². The Morgan fingerprint density at radius 3 is 2.43 bits per heavy atom. The number of benzene rings is 1. The van der Waals surface area contributed by atoms with Gasteiger partial charge in [-0.1, -0.05) is 6.92 Å². The molecule has 0 aliphatic rings. The van der Waals surface area contributed by atoms with E-state index in [0.717, 1.165) is 38.3 Å². The summed E-state index contributed by atoms with van der Waals surface area (Å²) >= 11 is 1.85. The van der Waals surface area contributed by atoms with Crippen molar-refractivity contribution in [2.24, 2.45) is 0 Å². The van der Waals surface area contributed by atoms with Gasteiger partial charge in [0, 0.05) is 28.5 Å². The summed E-state index contributed by atoms with van der Waals surface area (Å²) in [6, 6.07) is 11.1. The van der Waals surface area contributed by atoms with E-state index in [-0.39, 0.29) is 5.82 Å². The highest BCUT2D eigenvalue weighted by Gasteiger charge is 2.07. The number of thiophene rings is 1. The summed E-state index contributed by atoms with van der Waals surface area (Å²) in [5.74, 6) is -0.185. The molecule has 1 aromatic heterocycles. The van der Waals surface area contributed by atoms with Gasteiger partial charge in [0.2, 0.25) is 0 Å². The molecular weight excluding hydrogens is 283 g/mol. The molecule has 4 heteroatoms. The van der Waals surface area contributed by atoms with Gasteiger partial charge in [0.25, 0.3) is 0 Å². The summed E-state index contributed by atoms with van der Waals surface area (Å²) in [6.45, 7) is 8.09. The van der Waals surface area contributed by atoms with Crippen LogP contribution in [0, 0.1) is 5.82 Å². The number of hydrogen-bond acceptors (Lipinski definition) is 3. The molecule has 0 radical (unpaired) electrons. The van der Waals surface area contributed by atoms with Crippen LogP contribution in [0.2, 0.25) is 0 Å². The third-order valence-electron chi connectivity index (χ3n) is 3.36. The molecule has 0 unspecified atom stereocenters. The molecule has 114 valence electrons. The minimum absolute atomic E-state index is 0.185.